The SMILES string of the molecule is O=C(NCC1CCCC(O)C1)c1cccc(OCC(F)(F)F)n1. The molecule has 1 saturated carbocycles. The van der Waals surface area contributed by atoms with Gasteiger partial charge in [0, 0.05) is 12.6 Å². The molecule has 128 valence electrons. The molecule has 0 bridgehead atoms. The molecule has 1 aromatic heterocycles. The molecular formula is C15H19F3N2O3. The van der Waals surface area contributed by atoms with Crippen LogP contribution in [-0.2, 0) is 0 Å². The number of hydrogen-bond donors (Lipinski definition) is 2. The first-order valence-electron chi connectivity index (χ1n) is 7.46. The number of ether oxygens (including phenoxy) is 1. The van der Waals surface area contributed by atoms with Gasteiger partial charge in [-0.1, -0.05) is 12.5 Å². The van der Waals surface area contributed by atoms with Gasteiger partial charge in [0.05, 0.1) is 6.10 Å². The molecule has 1 aliphatic carbocycles. The summed E-state index contributed by atoms with van der Waals surface area (Å²) in [4.78, 5) is 15.8. The van der Waals surface area contributed by atoms with Gasteiger partial charge in [-0.05, 0) is 31.2 Å². The fourth-order valence-electron chi connectivity index (χ4n) is 2.55. The fraction of sp³-hybridized carbons (Fsp3) is 0.600. The molecule has 23 heavy (non-hydrogen) atoms. The predicted molar refractivity (Wildman–Crippen MR) is 76.1 cm³/mol. The highest BCUT2D eigenvalue weighted by molar-refractivity contribution is 5.92. The quantitative estimate of drug-likeness (QED) is 0.868. The Kier molecular flexibility index (Phi) is 5.81. The lowest BCUT2D eigenvalue weighted by atomic mass is 9.87. The molecule has 2 unspecified atom stereocenters. The smallest absolute Gasteiger partial charge is 0.422 e. The zero-order valence-corrected chi connectivity index (χ0v) is 12.5. The first-order valence-corrected chi connectivity index (χ1v) is 7.46. The van der Waals surface area contributed by atoms with Crippen molar-refractivity contribution in [2.75, 3.05) is 13.2 Å². The number of alkyl halides is 3. The fourth-order valence-corrected chi connectivity index (χ4v) is 2.55. The van der Waals surface area contributed by atoms with Crippen LogP contribution in [0.1, 0.15) is 36.2 Å². The summed E-state index contributed by atoms with van der Waals surface area (Å²) < 4.78 is 40.8. The lowest BCUT2D eigenvalue weighted by molar-refractivity contribution is -0.154. The average molecular weight is 332 g/mol. The first kappa shape index (κ1) is 17.5. The van der Waals surface area contributed by atoms with Crippen molar-refractivity contribution in [3.05, 3.63) is 23.9 Å². The zero-order chi connectivity index (χ0) is 16.9. The van der Waals surface area contributed by atoms with E-state index in [9.17, 15) is 23.1 Å². The molecule has 0 aromatic carbocycles. The molecule has 0 spiro atoms. The van der Waals surface area contributed by atoms with Crippen LogP contribution in [0.5, 0.6) is 5.88 Å². The van der Waals surface area contributed by atoms with Crippen LogP contribution >= 0.6 is 0 Å². The highest BCUT2D eigenvalue weighted by atomic mass is 19.4. The third kappa shape index (κ3) is 6.05. The van der Waals surface area contributed by atoms with E-state index >= 15 is 0 Å². The Morgan fingerprint density at radius 1 is 1.39 bits per heavy atom. The largest absolute Gasteiger partial charge is 0.468 e. The van der Waals surface area contributed by atoms with Gasteiger partial charge in [0.1, 0.15) is 5.69 Å². The van der Waals surface area contributed by atoms with Crippen molar-refractivity contribution < 1.29 is 27.8 Å². The first-order chi connectivity index (χ1) is 10.8. The molecule has 1 fully saturated rings. The number of amides is 1. The van der Waals surface area contributed by atoms with E-state index in [1.807, 2.05) is 0 Å². The Balaban J connectivity index is 1.86. The molecular weight excluding hydrogens is 313 g/mol. The van der Waals surface area contributed by atoms with E-state index in [1.165, 1.54) is 18.2 Å². The van der Waals surface area contributed by atoms with Crippen LogP contribution in [0.15, 0.2) is 18.2 Å². The lowest BCUT2D eigenvalue weighted by Crippen LogP contribution is -2.33. The van der Waals surface area contributed by atoms with Gasteiger partial charge in [0.15, 0.2) is 6.61 Å². The zero-order valence-electron chi connectivity index (χ0n) is 12.5. The van der Waals surface area contributed by atoms with E-state index in [0.717, 1.165) is 19.3 Å². The molecule has 2 rings (SSSR count). The van der Waals surface area contributed by atoms with Crippen molar-refractivity contribution in [2.45, 2.75) is 38.0 Å². The molecule has 1 amide bonds. The van der Waals surface area contributed by atoms with E-state index in [1.54, 1.807) is 0 Å². The molecule has 2 N–H and O–H groups in total. The number of rotatable bonds is 5. The Morgan fingerprint density at radius 3 is 2.87 bits per heavy atom. The number of aliphatic hydroxyl groups is 1. The minimum Gasteiger partial charge on any atom is -0.468 e. The number of hydrogen-bond acceptors (Lipinski definition) is 4. The molecule has 5 nitrogen and oxygen atoms in total. The van der Waals surface area contributed by atoms with E-state index in [4.69, 9.17) is 0 Å². The number of aliphatic hydroxyl groups excluding tert-OH is 1. The average Bonchev–Trinajstić information content (AvgIpc) is 2.50. The van der Waals surface area contributed by atoms with Crippen molar-refractivity contribution in [3.63, 3.8) is 0 Å². The minimum atomic E-state index is -4.46. The normalized spacial score (nSPS) is 21.7. The van der Waals surface area contributed by atoms with Gasteiger partial charge in [-0.2, -0.15) is 13.2 Å². The van der Waals surface area contributed by atoms with Gasteiger partial charge >= 0.3 is 6.18 Å². The van der Waals surface area contributed by atoms with Crippen LogP contribution in [0, 0.1) is 5.92 Å². The van der Waals surface area contributed by atoms with Gasteiger partial charge in [-0.15, -0.1) is 0 Å². The third-order valence-electron chi connectivity index (χ3n) is 3.65. The summed E-state index contributed by atoms with van der Waals surface area (Å²) in [7, 11) is 0. The van der Waals surface area contributed by atoms with Crippen LogP contribution in [0.25, 0.3) is 0 Å². The minimum absolute atomic E-state index is 0.000956. The number of nitrogens with one attached hydrogen (secondary N) is 1. The van der Waals surface area contributed by atoms with Gasteiger partial charge < -0.3 is 15.2 Å². The van der Waals surface area contributed by atoms with Gasteiger partial charge in [0.25, 0.3) is 5.91 Å². The summed E-state index contributed by atoms with van der Waals surface area (Å²) in [6.45, 7) is -1.05. The van der Waals surface area contributed by atoms with Crippen LogP contribution < -0.4 is 10.1 Å². The number of carbonyl (C=O) groups excluding carboxylic acids is 1. The van der Waals surface area contributed by atoms with Crippen LogP contribution in [0.3, 0.4) is 0 Å². The summed E-state index contributed by atoms with van der Waals surface area (Å²) >= 11 is 0. The summed E-state index contributed by atoms with van der Waals surface area (Å²) in [5, 5.41) is 12.3. The van der Waals surface area contributed by atoms with Crippen LogP contribution in [0.2, 0.25) is 0 Å². The molecule has 2 atom stereocenters. The number of carbonyl (C=O) groups is 1. The maximum absolute atomic E-state index is 12.1. The van der Waals surface area contributed by atoms with E-state index in [-0.39, 0.29) is 23.6 Å². The van der Waals surface area contributed by atoms with Crippen molar-refractivity contribution in [1.29, 1.82) is 0 Å². The lowest BCUT2D eigenvalue weighted by Gasteiger charge is -2.25. The summed E-state index contributed by atoms with van der Waals surface area (Å²) in [5.74, 6) is -0.516. The maximum atomic E-state index is 12.1. The second-order valence-corrected chi connectivity index (χ2v) is 5.66. The van der Waals surface area contributed by atoms with Crippen molar-refractivity contribution in [2.24, 2.45) is 5.92 Å². The Labute approximate surface area is 131 Å². The van der Waals surface area contributed by atoms with E-state index < -0.39 is 18.7 Å². The number of aromatic nitrogens is 1. The maximum Gasteiger partial charge on any atom is 0.422 e. The number of nitrogens with zero attached hydrogens (tertiary/aromatic N) is 1. The second-order valence-electron chi connectivity index (χ2n) is 5.66. The van der Waals surface area contributed by atoms with Gasteiger partial charge in [-0.25, -0.2) is 4.98 Å². The molecule has 8 heteroatoms. The predicted octanol–water partition coefficient (Wildman–Crippen LogP) is 2.30. The molecule has 0 aliphatic heterocycles. The third-order valence-corrected chi connectivity index (χ3v) is 3.65. The summed E-state index contributed by atoms with van der Waals surface area (Å²) in [6, 6.07) is 4.09. The molecule has 1 aliphatic rings. The second kappa shape index (κ2) is 7.63. The summed E-state index contributed by atoms with van der Waals surface area (Å²) in [6.07, 6.45) is -1.52. The summed E-state index contributed by atoms with van der Waals surface area (Å²) in [5.41, 5.74) is 0.000956. The molecule has 0 saturated heterocycles. The van der Waals surface area contributed by atoms with Crippen molar-refractivity contribution in [3.8, 4) is 5.88 Å². The number of pyridine rings is 1. The van der Waals surface area contributed by atoms with Crippen molar-refractivity contribution in [1.82, 2.24) is 10.3 Å². The van der Waals surface area contributed by atoms with E-state index in [0.29, 0.717) is 13.0 Å². The van der Waals surface area contributed by atoms with Crippen LogP contribution in [0.4, 0.5) is 13.2 Å². The van der Waals surface area contributed by atoms with Gasteiger partial charge in [-0.3, -0.25) is 4.79 Å². The molecule has 0 radical (unpaired) electrons. The highest BCUT2D eigenvalue weighted by Crippen LogP contribution is 2.23. The Morgan fingerprint density at radius 2 is 2.17 bits per heavy atom. The highest BCUT2D eigenvalue weighted by Gasteiger charge is 2.28. The molecule has 1 heterocycles. The monoisotopic (exact) mass is 332 g/mol. The Bertz CT molecular complexity index is 537. The van der Waals surface area contributed by atoms with Crippen LogP contribution in [-0.4, -0.2) is 41.4 Å². The van der Waals surface area contributed by atoms with Crippen molar-refractivity contribution >= 4 is 5.91 Å². The number of halogens is 3. The Hall–Kier alpha value is -1.83. The van der Waals surface area contributed by atoms with E-state index in [2.05, 4.69) is 15.0 Å². The molecule has 1 aromatic rings. The van der Waals surface area contributed by atoms with Gasteiger partial charge in [0.2, 0.25) is 5.88 Å². The standard InChI is InChI=1S/C15H19F3N2O3/c16-15(17,18)9-23-13-6-2-5-12(20-13)14(22)19-8-10-3-1-4-11(21)7-10/h2,5-6,10-11,21H,1,3-4,7-9H2,(H,19,22). The topological polar surface area (TPSA) is 71.5 Å².